The number of carboxylic acids is 1. The van der Waals surface area contributed by atoms with Crippen molar-refractivity contribution in [3.63, 3.8) is 0 Å². The Balaban J connectivity index is 2.22. The molecule has 2 aromatic rings. The molecule has 0 aliphatic carbocycles. The molecule has 4 nitrogen and oxygen atoms in total. The first kappa shape index (κ1) is 8.96. The van der Waals surface area contributed by atoms with E-state index >= 15 is 0 Å². The third-order valence-corrected chi connectivity index (χ3v) is 2.74. The maximum Gasteiger partial charge on any atom is 0.308 e. The van der Waals surface area contributed by atoms with Crippen molar-refractivity contribution in [3.8, 4) is 10.7 Å². The van der Waals surface area contributed by atoms with Crippen molar-refractivity contribution in [1.82, 2.24) is 9.97 Å². The van der Waals surface area contributed by atoms with E-state index in [0.29, 0.717) is 0 Å². The summed E-state index contributed by atoms with van der Waals surface area (Å²) in [6.45, 7) is 0. The number of hydrogen-bond acceptors (Lipinski definition) is 3. The molecule has 0 atom stereocenters. The lowest BCUT2D eigenvalue weighted by atomic mass is 10.4. The van der Waals surface area contributed by atoms with Gasteiger partial charge in [-0.05, 0) is 12.1 Å². The third kappa shape index (κ3) is 1.82. The Labute approximate surface area is 84.2 Å². The van der Waals surface area contributed by atoms with Crippen LogP contribution in [0.3, 0.4) is 0 Å². The summed E-state index contributed by atoms with van der Waals surface area (Å²) in [6.07, 6.45) is 3.46. The zero-order valence-electron chi connectivity index (χ0n) is 7.23. The third-order valence-electron chi connectivity index (χ3n) is 1.71. The molecule has 0 aliphatic heterocycles. The highest BCUT2D eigenvalue weighted by atomic mass is 32.1. The minimum absolute atomic E-state index is 0.0401. The van der Waals surface area contributed by atoms with Gasteiger partial charge in [-0.15, -0.1) is 11.3 Å². The standard InChI is InChI=1S/C9H8N2O2S/c12-8(13)4-6-5-11-9(14-6)7-2-1-3-10-7/h1-3,5,10H,4H2,(H,12,13). The van der Waals surface area contributed by atoms with Crippen molar-refractivity contribution >= 4 is 17.3 Å². The molecule has 0 unspecified atom stereocenters. The molecule has 2 heterocycles. The number of nitrogens with one attached hydrogen (secondary N) is 1. The summed E-state index contributed by atoms with van der Waals surface area (Å²) in [6, 6.07) is 3.79. The van der Waals surface area contributed by atoms with Gasteiger partial charge in [0.25, 0.3) is 0 Å². The van der Waals surface area contributed by atoms with Crippen LogP contribution in [0, 0.1) is 0 Å². The average Bonchev–Trinajstić information content (AvgIpc) is 2.69. The van der Waals surface area contributed by atoms with Gasteiger partial charge in [-0.1, -0.05) is 0 Å². The fourth-order valence-electron chi connectivity index (χ4n) is 1.13. The number of aromatic amines is 1. The summed E-state index contributed by atoms with van der Waals surface area (Å²) in [4.78, 5) is 18.4. The summed E-state index contributed by atoms with van der Waals surface area (Å²) < 4.78 is 0. The van der Waals surface area contributed by atoms with Crippen LogP contribution in [0.25, 0.3) is 10.7 Å². The van der Waals surface area contributed by atoms with E-state index in [9.17, 15) is 4.79 Å². The minimum atomic E-state index is -0.827. The zero-order valence-corrected chi connectivity index (χ0v) is 8.04. The molecular weight excluding hydrogens is 200 g/mol. The van der Waals surface area contributed by atoms with Crippen LogP contribution in [0.1, 0.15) is 4.88 Å². The van der Waals surface area contributed by atoms with Crippen LogP contribution in [0.15, 0.2) is 24.5 Å². The van der Waals surface area contributed by atoms with Gasteiger partial charge >= 0.3 is 5.97 Å². The topological polar surface area (TPSA) is 66.0 Å². The molecule has 2 aromatic heterocycles. The van der Waals surface area contributed by atoms with E-state index in [-0.39, 0.29) is 6.42 Å². The number of thiazole rings is 1. The van der Waals surface area contributed by atoms with Crippen LogP contribution in [-0.4, -0.2) is 21.0 Å². The highest BCUT2D eigenvalue weighted by Gasteiger charge is 2.07. The molecule has 14 heavy (non-hydrogen) atoms. The van der Waals surface area contributed by atoms with Gasteiger partial charge in [-0.25, -0.2) is 4.98 Å². The molecule has 0 saturated carbocycles. The Morgan fingerprint density at radius 3 is 3.14 bits per heavy atom. The Hall–Kier alpha value is -1.62. The van der Waals surface area contributed by atoms with E-state index in [0.717, 1.165) is 15.6 Å². The van der Waals surface area contributed by atoms with Gasteiger partial charge in [0, 0.05) is 17.3 Å². The molecule has 72 valence electrons. The molecule has 0 spiro atoms. The summed E-state index contributed by atoms with van der Waals surface area (Å²) in [5.41, 5.74) is 0.923. The van der Waals surface area contributed by atoms with Gasteiger partial charge < -0.3 is 10.1 Å². The number of aliphatic carboxylic acids is 1. The second-order valence-corrected chi connectivity index (χ2v) is 3.90. The predicted molar refractivity (Wildman–Crippen MR) is 53.2 cm³/mol. The second kappa shape index (κ2) is 3.63. The van der Waals surface area contributed by atoms with Crippen molar-refractivity contribution in [2.75, 3.05) is 0 Å². The monoisotopic (exact) mass is 208 g/mol. The lowest BCUT2D eigenvalue weighted by Gasteiger charge is -1.88. The smallest absolute Gasteiger partial charge is 0.308 e. The predicted octanol–water partition coefficient (Wildman–Crippen LogP) is 1.77. The zero-order chi connectivity index (χ0) is 9.97. The van der Waals surface area contributed by atoms with Crippen LogP contribution in [0.5, 0.6) is 0 Å². The minimum Gasteiger partial charge on any atom is -0.481 e. The van der Waals surface area contributed by atoms with Crippen molar-refractivity contribution in [1.29, 1.82) is 0 Å². The van der Waals surface area contributed by atoms with Gasteiger partial charge in [0.1, 0.15) is 5.01 Å². The highest BCUT2D eigenvalue weighted by Crippen LogP contribution is 2.23. The molecule has 0 aliphatic rings. The lowest BCUT2D eigenvalue weighted by Crippen LogP contribution is -1.97. The largest absolute Gasteiger partial charge is 0.481 e. The Kier molecular flexibility index (Phi) is 2.32. The first-order valence-electron chi connectivity index (χ1n) is 4.06. The van der Waals surface area contributed by atoms with E-state index < -0.39 is 5.97 Å². The molecule has 0 bridgehead atoms. The van der Waals surface area contributed by atoms with E-state index in [1.807, 2.05) is 18.3 Å². The van der Waals surface area contributed by atoms with Crippen LogP contribution >= 0.6 is 11.3 Å². The van der Waals surface area contributed by atoms with E-state index in [2.05, 4.69) is 9.97 Å². The van der Waals surface area contributed by atoms with E-state index in [4.69, 9.17) is 5.11 Å². The Bertz CT molecular complexity index is 433. The van der Waals surface area contributed by atoms with Crippen LogP contribution in [0.4, 0.5) is 0 Å². The molecule has 0 saturated heterocycles. The molecule has 2 N–H and O–H groups in total. The number of rotatable bonds is 3. The first-order valence-corrected chi connectivity index (χ1v) is 4.87. The summed E-state index contributed by atoms with van der Waals surface area (Å²) in [5, 5.41) is 9.40. The van der Waals surface area contributed by atoms with Crippen molar-refractivity contribution in [2.24, 2.45) is 0 Å². The lowest BCUT2D eigenvalue weighted by molar-refractivity contribution is -0.136. The van der Waals surface area contributed by atoms with Crippen molar-refractivity contribution < 1.29 is 9.90 Å². The molecule has 2 rings (SSSR count). The quantitative estimate of drug-likeness (QED) is 0.807. The molecular formula is C9H8N2O2S. The number of H-pyrrole nitrogens is 1. The van der Waals surface area contributed by atoms with Crippen molar-refractivity contribution in [3.05, 3.63) is 29.4 Å². The fourth-order valence-corrected chi connectivity index (χ4v) is 2.02. The maximum atomic E-state index is 10.4. The molecule has 0 amide bonds. The fraction of sp³-hybridized carbons (Fsp3) is 0.111. The van der Waals surface area contributed by atoms with Gasteiger partial charge in [0.15, 0.2) is 0 Å². The van der Waals surface area contributed by atoms with Crippen LogP contribution in [-0.2, 0) is 11.2 Å². The number of nitrogens with zero attached hydrogens (tertiary/aromatic N) is 1. The van der Waals surface area contributed by atoms with Gasteiger partial charge in [0.2, 0.25) is 0 Å². The number of hydrogen-bond donors (Lipinski definition) is 2. The molecule has 0 aromatic carbocycles. The van der Waals surface area contributed by atoms with Crippen LogP contribution < -0.4 is 0 Å². The number of aromatic nitrogens is 2. The number of carbonyl (C=O) groups is 1. The van der Waals surface area contributed by atoms with E-state index in [1.165, 1.54) is 11.3 Å². The molecule has 0 radical (unpaired) electrons. The molecule has 0 fully saturated rings. The van der Waals surface area contributed by atoms with Crippen LogP contribution in [0.2, 0.25) is 0 Å². The summed E-state index contributed by atoms with van der Waals surface area (Å²) in [5.74, 6) is -0.827. The normalized spacial score (nSPS) is 10.3. The maximum absolute atomic E-state index is 10.4. The van der Waals surface area contributed by atoms with Crippen molar-refractivity contribution in [2.45, 2.75) is 6.42 Å². The van der Waals surface area contributed by atoms with Gasteiger partial charge in [-0.3, -0.25) is 4.79 Å². The SMILES string of the molecule is O=C(O)Cc1cnc(-c2ccc[nH]2)s1. The highest BCUT2D eigenvalue weighted by molar-refractivity contribution is 7.15. The summed E-state index contributed by atoms with van der Waals surface area (Å²) in [7, 11) is 0. The molecule has 5 heteroatoms. The van der Waals surface area contributed by atoms with Gasteiger partial charge in [0.05, 0.1) is 12.1 Å². The van der Waals surface area contributed by atoms with Gasteiger partial charge in [-0.2, -0.15) is 0 Å². The number of carboxylic acid groups (broad SMARTS) is 1. The Morgan fingerprint density at radius 1 is 1.64 bits per heavy atom. The van der Waals surface area contributed by atoms with E-state index in [1.54, 1.807) is 6.20 Å². The second-order valence-electron chi connectivity index (χ2n) is 2.79. The average molecular weight is 208 g/mol. The Morgan fingerprint density at radius 2 is 2.50 bits per heavy atom. The first-order chi connectivity index (χ1) is 6.75. The summed E-state index contributed by atoms with van der Waals surface area (Å²) >= 11 is 1.40.